The number of anilines is 1. The van der Waals surface area contributed by atoms with Gasteiger partial charge in [0.05, 0.1) is 0 Å². The molecule has 0 bridgehead atoms. The number of hydrogen-bond donors (Lipinski definition) is 1. The Bertz CT molecular complexity index is 756. The first-order valence-corrected chi connectivity index (χ1v) is 8.68. The maximum atomic E-state index is 10.2. The standard InChI is InChI=1S/C12H13NS.C8H8O/c1-13-11-7-8-12(14-2)10-6-4-3-5-9(10)11;1-7-4-2-3-5-8(7)6-9/h3-8,13H,1-2H3;2-6H,1H3. The van der Waals surface area contributed by atoms with Crippen molar-refractivity contribution in [3.8, 4) is 0 Å². The number of aryl methyl sites for hydroxylation is 1. The van der Waals surface area contributed by atoms with Gasteiger partial charge in [0.15, 0.2) is 0 Å². The minimum absolute atomic E-state index is 0.775. The third kappa shape index (κ3) is 4.14. The second kappa shape index (κ2) is 8.39. The number of carbonyl (C=O) groups excluding carboxylic acids is 1. The van der Waals surface area contributed by atoms with Crippen molar-refractivity contribution in [2.45, 2.75) is 11.8 Å². The summed E-state index contributed by atoms with van der Waals surface area (Å²) >= 11 is 1.79. The molecule has 0 aromatic heterocycles. The van der Waals surface area contributed by atoms with Crippen LogP contribution in [0.3, 0.4) is 0 Å². The van der Waals surface area contributed by atoms with Crippen LogP contribution in [0.2, 0.25) is 0 Å². The summed E-state index contributed by atoms with van der Waals surface area (Å²) in [5.74, 6) is 0. The Labute approximate surface area is 141 Å². The molecular weight excluding hydrogens is 302 g/mol. The van der Waals surface area contributed by atoms with Gasteiger partial charge in [-0.1, -0.05) is 48.5 Å². The molecule has 23 heavy (non-hydrogen) atoms. The Morgan fingerprint density at radius 2 is 1.57 bits per heavy atom. The minimum Gasteiger partial charge on any atom is -0.388 e. The second-order valence-electron chi connectivity index (χ2n) is 5.09. The van der Waals surface area contributed by atoms with Gasteiger partial charge in [0.25, 0.3) is 0 Å². The number of aldehydes is 1. The van der Waals surface area contributed by atoms with Gasteiger partial charge in [-0.3, -0.25) is 4.79 Å². The number of fused-ring (bicyclic) bond motifs is 1. The van der Waals surface area contributed by atoms with Gasteiger partial charge in [-0.2, -0.15) is 0 Å². The Hall–Kier alpha value is -2.26. The molecule has 0 aliphatic carbocycles. The summed E-state index contributed by atoms with van der Waals surface area (Å²) in [4.78, 5) is 11.6. The van der Waals surface area contributed by atoms with Crippen molar-refractivity contribution in [3.05, 3.63) is 71.8 Å². The fraction of sp³-hybridized carbons (Fsp3) is 0.150. The Morgan fingerprint density at radius 3 is 2.13 bits per heavy atom. The molecule has 3 aromatic carbocycles. The molecule has 2 nitrogen and oxygen atoms in total. The lowest BCUT2D eigenvalue weighted by Gasteiger charge is -2.08. The first kappa shape index (κ1) is 17.1. The van der Waals surface area contributed by atoms with Crippen molar-refractivity contribution in [3.63, 3.8) is 0 Å². The molecule has 1 N–H and O–H groups in total. The van der Waals surface area contributed by atoms with Crippen molar-refractivity contribution in [2.75, 3.05) is 18.6 Å². The van der Waals surface area contributed by atoms with Gasteiger partial charge in [-0.25, -0.2) is 0 Å². The van der Waals surface area contributed by atoms with Crippen LogP contribution in [-0.2, 0) is 0 Å². The highest BCUT2D eigenvalue weighted by Gasteiger charge is 2.02. The number of rotatable bonds is 3. The van der Waals surface area contributed by atoms with Crippen LogP contribution in [0.5, 0.6) is 0 Å². The third-order valence-corrected chi connectivity index (χ3v) is 4.48. The topological polar surface area (TPSA) is 29.1 Å². The van der Waals surface area contributed by atoms with Crippen LogP contribution in [-0.4, -0.2) is 19.6 Å². The highest BCUT2D eigenvalue weighted by Crippen LogP contribution is 2.31. The number of hydrogen-bond acceptors (Lipinski definition) is 3. The van der Waals surface area contributed by atoms with E-state index in [4.69, 9.17) is 0 Å². The van der Waals surface area contributed by atoms with Crippen LogP contribution in [0, 0.1) is 6.92 Å². The molecule has 0 radical (unpaired) electrons. The Balaban J connectivity index is 0.000000185. The predicted molar refractivity (Wildman–Crippen MR) is 102 cm³/mol. The summed E-state index contributed by atoms with van der Waals surface area (Å²) in [5, 5.41) is 5.83. The van der Waals surface area contributed by atoms with Gasteiger partial charge in [0.2, 0.25) is 0 Å². The lowest BCUT2D eigenvalue weighted by molar-refractivity contribution is 0.112. The lowest BCUT2D eigenvalue weighted by Crippen LogP contribution is -1.89. The van der Waals surface area contributed by atoms with Crippen LogP contribution in [0.4, 0.5) is 5.69 Å². The first-order valence-electron chi connectivity index (χ1n) is 7.45. The molecule has 0 aliphatic heterocycles. The molecule has 118 valence electrons. The molecule has 0 spiro atoms. The van der Waals surface area contributed by atoms with Gasteiger partial charge in [-0.15, -0.1) is 11.8 Å². The highest BCUT2D eigenvalue weighted by atomic mass is 32.2. The molecule has 3 rings (SSSR count). The van der Waals surface area contributed by atoms with Gasteiger partial charge in [0, 0.05) is 28.6 Å². The van der Waals surface area contributed by atoms with E-state index in [-0.39, 0.29) is 0 Å². The van der Waals surface area contributed by atoms with Gasteiger partial charge < -0.3 is 5.32 Å². The number of benzene rings is 3. The molecule has 0 aliphatic rings. The fourth-order valence-corrected chi connectivity index (χ4v) is 2.99. The predicted octanol–water partition coefficient (Wildman–Crippen LogP) is 5.41. The summed E-state index contributed by atoms with van der Waals surface area (Å²) < 4.78 is 0. The van der Waals surface area contributed by atoms with Crippen molar-refractivity contribution in [1.29, 1.82) is 0 Å². The van der Waals surface area contributed by atoms with E-state index in [1.165, 1.54) is 21.4 Å². The van der Waals surface area contributed by atoms with E-state index in [1.807, 2.05) is 38.2 Å². The molecule has 0 atom stereocenters. The lowest BCUT2D eigenvalue weighted by atomic mass is 10.1. The monoisotopic (exact) mass is 323 g/mol. The molecule has 0 heterocycles. The zero-order chi connectivity index (χ0) is 16.7. The number of thioether (sulfide) groups is 1. The summed E-state index contributed by atoms with van der Waals surface area (Å²) in [7, 11) is 1.96. The van der Waals surface area contributed by atoms with E-state index < -0.39 is 0 Å². The van der Waals surface area contributed by atoms with Crippen molar-refractivity contribution in [1.82, 2.24) is 0 Å². The summed E-state index contributed by atoms with van der Waals surface area (Å²) in [6.07, 6.45) is 2.98. The Kier molecular flexibility index (Phi) is 6.24. The zero-order valence-electron chi connectivity index (χ0n) is 13.7. The third-order valence-electron chi connectivity index (χ3n) is 3.69. The van der Waals surface area contributed by atoms with E-state index in [1.54, 1.807) is 11.8 Å². The summed E-state index contributed by atoms with van der Waals surface area (Å²) in [5.41, 5.74) is 3.00. The van der Waals surface area contributed by atoms with Crippen LogP contribution < -0.4 is 5.32 Å². The average Bonchev–Trinajstić information content (AvgIpc) is 2.61. The van der Waals surface area contributed by atoms with Crippen LogP contribution in [0.1, 0.15) is 15.9 Å². The average molecular weight is 323 g/mol. The van der Waals surface area contributed by atoms with E-state index in [0.717, 1.165) is 17.4 Å². The number of carbonyl (C=O) groups is 1. The smallest absolute Gasteiger partial charge is 0.150 e. The molecular formula is C20H21NOS. The largest absolute Gasteiger partial charge is 0.388 e. The van der Waals surface area contributed by atoms with Crippen molar-refractivity contribution >= 4 is 34.5 Å². The second-order valence-corrected chi connectivity index (χ2v) is 5.93. The van der Waals surface area contributed by atoms with Crippen LogP contribution in [0.25, 0.3) is 10.8 Å². The highest BCUT2D eigenvalue weighted by molar-refractivity contribution is 7.98. The maximum absolute atomic E-state index is 10.2. The van der Waals surface area contributed by atoms with E-state index >= 15 is 0 Å². The molecule has 0 fully saturated rings. The van der Waals surface area contributed by atoms with E-state index in [9.17, 15) is 4.79 Å². The fourth-order valence-electron chi connectivity index (χ4n) is 2.39. The van der Waals surface area contributed by atoms with Gasteiger partial charge in [0.1, 0.15) is 6.29 Å². The SMILES string of the molecule is CNc1ccc(SC)c2ccccc12.Cc1ccccc1C=O. The van der Waals surface area contributed by atoms with Crippen molar-refractivity contribution < 1.29 is 4.79 Å². The first-order chi connectivity index (χ1) is 11.2. The molecule has 0 saturated carbocycles. The normalized spacial score (nSPS) is 9.87. The van der Waals surface area contributed by atoms with Crippen LogP contribution in [0.15, 0.2) is 65.6 Å². The summed E-state index contributed by atoms with van der Waals surface area (Å²) in [6.45, 7) is 1.92. The quantitative estimate of drug-likeness (QED) is 0.516. The van der Waals surface area contributed by atoms with Gasteiger partial charge >= 0.3 is 0 Å². The molecule has 0 saturated heterocycles. The molecule has 0 unspecified atom stereocenters. The zero-order valence-corrected chi connectivity index (χ0v) is 14.5. The molecule has 3 aromatic rings. The van der Waals surface area contributed by atoms with E-state index in [0.29, 0.717) is 0 Å². The number of nitrogens with one attached hydrogen (secondary N) is 1. The molecule has 3 heteroatoms. The van der Waals surface area contributed by atoms with Gasteiger partial charge in [-0.05, 0) is 36.3 Å². The summed E-state index contributed by atoms with van der Waals surface area (Å²) in [6, 6.07) is 20.3. The molecule has 0 amide bonds. The Morgan fingerprint density at radius 1 is 0.913 bits per heavy atom. The minimum atomic E-state index is 0.775. The van der Waals surface area contributed by atoms with Crippen LogP contribution >= 0.6 is 11.8 Å². The van der Waals surface area contributed by atoms with E-state index in [2.05, 4.69) is 48.0 Å². The van der Waals surface area contributed by atoms with Crippen molar-refractivity contribution in [2.24, 2.45) is 0 Å². The maximum Gasteiger partial charge on any atom is 0.150 e.